The summed E-state index contributed by atoms with van der Waals surface area (Å²) in [6.07, 6.45) is 0. The summed E-state index contributed by atoms with van der Waals surface area (Å²) < 4.78 is 1.78. The summed E-state index contributed by atoms with van der Waals surface area (Å²) in [6, 6.07) is 0. The molecule has 0 saturated heterocycles. The highest BCUT2D eigenvalue weighted by Gasteiger charge is 2.12. The van der Waals surface area contributed by atoms with Gasteiger partial charge in [0.25, 0.3) is 0 Å². The van der Waals surface area contributed by atoms with Crippen molar-refractivity contribution in [1.82, 2.24) is 14.7 Å². The van der Waals surface area contributed by atoms with Crippen LogP contribution in [0, 0.1) is 6.92 Å². The van der Waals surface area contributed by atoms with Crippen LogP contribution in [-0.2, 0) is 13.6 Å². The van der Waals surface area contributed by atoms with E-state index < -0.39 is 0 Å². The second-order valence-electron chi connectivity index (χ2n) is 3.43. The van der Waals surface area contributed by atoms with Crippen molar-refractivity contribution in [1.29, 1.82) is 0 Å². The highest BCUT2D eigenvalue weighted by Crippen LogP contribution is 2.20. The molecule has 1 aromatic rings. The van der Waals surface area contributed by atoms with Gasteiger partial charge in [0.2, 0.25) is 0 Å². The van der Waals surface area contributed by atoms with Gasteiger partial charge in [-0.25, -0.2) is 0 Å². The fraction of sp³-hybridized carbons (Fsp3) is 0.667. The predicted octanol–water partition coefficient (Wildman–Crippen LogP) is 0.806. The molecule has 0 aliphatic carbocycles. The molecule has 1 aromatic heterocycles. The Labute approximate surface area is 89.1 Å². The molecule has 5 heteroatoms. The third-order valence-electron chi connectivity index (χ3n) is 2.16. The second-order valence-corrected chi connectivity index (χ2v) is 3.81. The van der Waals surface area contributed by atoms with Gasteiger partial charge >= 0.3 is 0 Å². The van der Waals surface area contributed by atoms with Crippen LogP contribution in [0.15, 0.2) is 0 Å². The third kappa shape index (κ3) is 2.47. The number of aryl methyl sites for hydroxylation is 2. The molecule has 0 amide bonds. The number of likely N-dealkylation sites (N-methyl/N-ethyl adjacent to an activating group) is 1. The highest BCUT2D eigenvalue weighted by molar-refractivity contribution is 6.31. The fourth-order valence-corrected chi connectivity index (χ4v) is 1.58. The van der Waals surface area contributed by atoms with Crippen molar-refractivity contribution in [3.8, 4) is 0 Å². The normalized spacial score (nSPS) is 11.3. The molecule has 0 atom stereocenters. The zero-order valence-corrected chi connectivity index (χ0v) is 9.54. The van der Waals surface area contributed by atoms with E-state index >= 15 is 0 Å². The Hall–Kier alpha value is -0.580. The maximum absolute atomic E-state index is 8.76. The lowest BCUT2D eigenvalue weighted by atomic mass is 10.3. The van der Waals surface area contributed by atoms with E-state index in [-0.39, 0.29) is 6.61 Å². The molecule has 0 saturated carbocycles. The lowest BCUT2D eigenvalue weighted by molar-refractivity contribution is 0.214. The Morgan fingerprint density at radius 2 is 2.21 bits per heavy atom. The Morgan fingerprint density at radius 1 is 1.57 bits per heavy atom. The second kappa shape index (κ2) is 4.77. The van der Waals surface area contributed by atoms with Crippen LogP contribution in [0.5, 0.6) is 0 Å². The van der Waals surface area contributed by atoms with E-state index in [9.17, 15) is 0 Å². The van der Waals surface area contributed by atoms with E-state index in [2.05, 4.69) is 5.10 Å². The van der Waals surface area contributed by atoms with Crippen LogP contribution in [0.2, 0.25) is 5.02 Å². The topological polar surface area (TPSA) is 41.3 Å². The molecule has 4 nitrogen and oxygen atoms in total. The van der Waals surface area contributed by atoms with Crippen molar-refractivity contribution < 1.29 is 5.11 Å². The van der Waals surface area contributed by atoms with Crippen LogP contribution in [0.1, 0.15) is 11.4 Å². The van der Waals surface area contributed by atoms with Crippen molar-refractivity contribution in [2.24, 2.45) is 7.05 Å². The first-order valence-corrected chi connectivity index (χ1v) is 4.91. The molecule has 0 spiro atoms. The highest BCUT2D eigenvalue weighted by atomic mass is 35.5. The molecule has 0 aliphatic rings. The molecule has 14 heavy (non-hydrogen) atoms. The van der Waals surface area contributed by atoms with Crippen LogP contribution in [0.3, 0.4) is 0 Å². The van der Waals surface area contributed by atoms with Crippen molar-refractivity contribution >= 4 is 11.6 Å². The van der Waals surface area contributed by atoms with Crippen molar-refractivity contribution in [3.05, 3.63) is 16.4 Å². The smallest absolute Gasteiger partial charge is 0.0860 e. The van der Waals surface area contributed by atoms with Gasteiger partial charge in [-0.05, 0) is 14.0 Å². The summed E-state index contributed by atoms with van der Waals surface area (Å²) in [5, 5.41) is 13.7. The average molecular weight is 218 g/mol. The summed E-state index contributed by atoms with van der Waals surface area (Å²) in [5.74, 6) is 0. The van der Waals surface area contributed by atoms with Crippen LogP contribution in [0.25, 0.3) is 0 Å². The summed E-state index contributed by atoms with van der Waals surface area (Å²) in [5.41, 5.74) is 1.83. The van der Waals surface area contributed by atoms with Crippen molar-refractivity contribution in [3.63, 3.8) is 0 Å². The van der Waals surface area contributed by atoms with Gasteiger partial charge in [0.15, 0.2) is 0 Å². The first-order valence-electron chi connectivity index (χ1n) is 4.53. The molecule has 0 aromatic carbocycles. The van der Waals surface area contributed by atoms with Crippen LogP contribution < -0.4 is 0 Å². The number of rotatable bonds is 4. The molecule has 1 N–H and O–H groups in total. The monoisotopic (exact) mass is 217 g/mol. The first kappa shape index (κ1) is 11.5. The quantitative estimate of drug-likeness (QED) is 0.812. The minimum absolute atomic E-state index is 0.158. The maximum Gasteiger partial charge on any atom is 0.0860 e. The molecule has 0 fully saturated rings. The minimum atomic E-state index is 0.158. The van der Waals surface area contributed by atoms with Crippen LogP contribution in [0.4, 0.5) is 0 Å². The van der Waals surface area contributed by atoms with Crippen LogP contribution >= 0.6 is 11.6 Å². The summed E-state index contributed by atoms with van der Waals surface area (Å²) in [7, 11) is 3.82. The molecule has 0 radical (unpaired) electrons. The maximum atomic E-state index is 8.76. The predicted molar refractivity (Wildman–Crippen MR) is 56.4 cm³/mol. The number of hydrogen-bond acceptors (Lipinski definition) is 3. The Bertz CT molecular complexity index is 311. The summed E-state index contributed by atoms with van der Waals surface area (Å²) >= 11 is 6.09. The number of aliphatic hydroxyl groups is 1. The van der Waals surface area contributed by atoms with E-state index in [1.807, 2.05) is 25.9 Å². The lowest BCUT2D eigenvalue weighted by Gasteiger charge is -2.15. The molecule has 1 heterocycles. The van der Waals surface area contributed by atoms with Gasteiger partial charge in [0.05, 0.1) is 23.0 Å². The molecule has 0 aliphatic heterocycles. The Morgan fingerprint density at radius 3 is 2.64 bits per heavy atom. The molecular weight excluding hydrogens is 202 g/mol. The van der Waals surface area contributed by atoms with E-state index in [0.717, 1.165) is 16.4 Å². The molecule has 1 rings (SSSR count). The minimum Gasteiger partial charge on any atom is -0.395 e. The van der Waals surface area contributed by atoms with E-state index in [1.165, 1.54) is 0 Å². The first-order chi connectivity index (χ1) is 6.56. The summed E-state index contributed by atoms with van der Waals surface area (Å²) in [6.45, 7) is 3.39. The van der Waals surface area contributed by atoms with E-state index in [4.69, 9.17) is 16.7 Å². The van der Waals surface area contributed by atoms with E-state index in [1.54, 1.807) is 4.68 Å². The number of aromatic nitrogens is 2. The largest absolute Gasteiger partial charge is 0.395 e. The van der Waals surface area contributed by atoms with Crippen LogP contribution in [-0.4, -0.2) is 40.0 Å². The molecule has 0 unspecified atom stereocenters. The van der Waals surface area contributed by atoms with Gasteiger partial charge in [-0.1, -0.05) is 11.6 Å². The molecular formula is C9H16ClN3O. The number of hydrogen-bond donors (Lipinski definition) is 1. The zero-order valence-electron chi connectivity index (χ0n) is 8.79. The molecule has 0 bridgehead atoms. The van der Waals surface area contributed by atoms with Gasteiger partial charge in [-0.15, -0.1) is 0 Å². The Balaban J connectivity index is 2.75. The third-order valence-corrected chi connectivity index (χ3v) is 2.65. The van der Waals surface area contributed by atoms with Gasteiger partial charge in [-0.3, -0.25) is 9.58 Å². The number of aliphatic hydroxyl groups excluding tert-OH is 1. The average Bonchev–Trinajstić information content (AvgIpc) is 2.33. The Kier molecular flexibility index (Phi) is 3.92. The van der Waals surface area contributed by atoms with Gasteiger partial charge in [0.1, 0.15) is 0 Å². The van der Waals surface area contributed by atoms with Crippen molar-refractivity contribution in [2.45, 2.75) is 13.5 Å². The van der Waals surface area contributed by atoms with Gasteiger partial charge < -0.3 is 5.11 Å². The van der Waals surface area contributed by atoms with Gasteiger partial charge in [0, 0.05) is 20.1 Å². The SMILES string of the molecule is Cc1nn(C)c(CN(C)CCO)c1Cl. The lowest BCUT2D eigenvalue weighted by Crippen LogP contribution is -2.23. The van der Waals surface area contributed by atoms with Gasteiger partial charge in [-0.2, -0.15) is 5.10 Å². The number of nitrogens with zero attached hydrogens (tertiary/aromatic N) is 3. The molecule has 80 valence electrons. The van der Waals surface area contributed by atoms with Crippen molar-refractivity contribution in [2.75, 3.05) is 20.2 Å². The standard InChI is InChI=1S/C9H16ClN3O/c1-7-9(10)8(13(3)11-7)6-12(2)4-5-14/h14H,4-6H2,1-3H3. The fourth-order valence-electron chi connectivity index (χ4n) is 1.36. The summed E-state index contributed by atoms with van der Waals surface area (Å²) in [4.78, 5) is 2.00. The number of halogens is 1. The van der Waals surface area contributed by atoms with E-state index in [0.29, 0.717) is 13.1 Å². The zero-order chi connectivity index (χ0) is 10.7.